The summed E-state index contributed by atoms with van der Waals surface area (Å²) < 4.78 is 12.4. The summed E-state index contributed by atoms with van der Waals surface area (Å²) in [6.07, 6.45) is 3.55. The maximum atomic E-state index is 13.7. The van der Waals surface area contributed by atoms with Crippen molar-refractivity contribution in [2.45, 2.75) is 12.8 Å². The molecule has 0 spiro atoms. The van der Waals surface area contributed by atoms with E-state index >= 15 is 0 Å². The zero-order chi connectivity index (χ0) is 24.2. The van der Waals surface area contributed by atoms with Crippen LogP contribution in [0, 0.1) is 0 Å². The zero-order valence-electron chi connectivity index (χ0n) is 18.7. The topological polar surface area (TPSA) is 104 Å². The molecule has 3 aromatic heterocycles. The third kappa shape index (κ3) is 3.36. The van der Waals surface area contributed by atoms with Crippen molar-refractivity contribution in [3.63, 3.8) is 0 Å². The molecule has 1 amide bonds. The Balaban J connectivity index is 1.32. The number of nitrogens with zero attached hydrogens (tertiary/aromatic N) is 5. The molecular formula is C26H17ClN6O3. The monoisotopic (exact) mass is 496 g/mol. The van der Waals surface area contributed by atoms with Crippen molar-refractivity contribution in [2.24, 2.45) is 0 Å². The van der Waals surface area contributed by atoms with Crippen molar-refractivity contribution in [1.29, 1.82) is 0 Å². The summed E-state index contributed by atoms with van der Waals surface area (Å²) >= 11 is 6.04. The van der Waals surface area contributed by atoms with E-state index in [0.29, 0.717) is 17.6 Å². The van der Waals surface area contributed by atoms with E-state index in [4.69, 9.17) is 26.1 Å². The number of benzene rings is 2. The maximum Gasteiger partial charge on any atom is 0.259 e. The van der Waals surface area contributed by atoms with Crippen molar-refractivity contribution < 1.29 is 14.3 Å². The van der Waals surface area contributed by atoms with E-state index in [1.165, 1.54) is 4.52 Å². The van der Waals surface area contributed by atoms with E-state index in [-0.39, 0.29) is 23.8 Å². The number of hydrogen-bond acceptors (Lipinski definition) is 7. The summed E-state index contributed by atoms with van der Waals surface area (Å²) in [5, 5.41) is 16.3. The fraction of sp³-hybridized carbons (Fsp3) is 0.115. The van der Waals surface area contributed by atoms with Gasteiger partial charge in [-0.1, -0.05) is 35.9 Å². The first-order chi connectivity index (χ1) is 17.6. The Morgan fingerprint density at radius 2 is 1.92 bits per heavy atom. The number of anilines is 1. The Kier molecular flexibility index (Phi) is 4.65. The highest BCUT2D eigenvalue weighted by Gasteiger charge is 2.28. The van der Waals surface area contributed by atoms with E-state index in [2.05, 4.69) is 26.7 Å². The number of allylic oxidation sites excluding steroid dienone is 1. The lowest BCUT2D eigenvalue weighted by atomic mass is 10.00. The second kappa shape index (κ2) is 8.03. The molecule has 5 aromatic rings. The van der Waals surface area contributed by atoms with Crippen molar-refractivity contribution in [3.05, 3.63) is 82.1 Å². The maximum absolute atomic E-state index is 13.7. The molecule has 9 nitrogen and oxygen atoms in total. The Bertz CT molecular complexity index is 1750. The van der Waals surface area contributed by atoms with Crippen LogP contribution in [0.25, 0.3) is 28.2 Å². The fourth-order valence-electron chi connectivity index (χ4n) is 4.75. The van der Waals surface area contributed by atoms with Gasteiger partial charge in [0.05, 0.1) is 16.8 Å². The van der Waals surface area contributed by atoms with Gasteiger partial charge in [0.15, 0.2) is 17.1 Å². The molecule has 0 unspecified atom stereocenters. The summed E-state index contributed by atoms with van der Waals surface area (Å²) in [7, 11) is 0. The Morgan fingerprint density at radius 3 is 2.86 bits per heavy atom. The van der Waals surface area contributed by atoms with Crippen LogP contribution in [0.1, 0.15) is 33.6 Å². The van der Waals surface area contributed by atoms with Gasteiger partial charge in [-0.2, -0.15) is 9.61 Å². The average Bonchev–Trinajstić information content (AvgIpc) is 3.61. The summed E-state index contributed by atoms with van der Waals surface area (Å²) in [5.74, 6) is 1.36. The quantitative estimate of drug-likeness (QED) is 0.383. The Hall–Kier alpha value is -4.50. The van der Waals surface area contributed by atoms with Crippen molar-refractivity contribution >= 4 is 51.7 Å². The number of halogens is 1. The Morgan fingerprint density at radius 1 is 1.03 bits per heavy atom. The smallest absolute Gasteiger partial charge is 0.259 e. The lowest BCUT2D eigenvalue weighted by Gasteiger charge is -2.12. The lowest BCUT2D eigenvalue weighted by Crippen LogP contribution is -2.18. The number of fused-ring (bicyclic) bond motifs is 4. The molecular weight excluding hydrogens is 480 g/mol. The number of aromatic nitrogens is 5. The molecule has 0 atom stereocenters. The van der Waals surface area contributed by atoms with Crippen LogP contribution >= 0.6 is 11.6 Å². The molecule has 1 aliphatic carbocycles. The van der Waals surface area contributed by atoms with Crippen LogP contribution in [-0.2, 0) is 6.42 Å². The summed E-state index contributed by atoms with van der Waals surface area (Å²) in [5.41, 5.74) is 5.57. The number of rotatable bonds is 3. The second-order valence-electron chi connectivity index (χ2n) is 8.52. The first-order valence-electron chi connectivity index (χ1n) is 11.4. The van der Waals surface area contributed by atoms with Gasteiger partial charge in [0.2, 0.25) is 6.79 Å². The minimum atomic E-state index is -0.301. The third-order valence-corrected chi connectivity index (χ3v) is 6.56. The Labute approximate surface area is 209 Å². The first-order valence-corrected chi connectivity index (χ1v) is 11.7. The molecule has 0 fully saturated rings. The van der Waals surface area contributed by atoms with Gasteiger partial charge in [0.1, 0.15) is 5.15 Å². The molecule has 4 heterocycles. The van der Waals surface area contributed by atoms with E-state index in [1.54, 1.807) is 12.1 Å². The predicted octanol–water partition coefficient (Wildman–Crippen LogP) is 4.79. The van der Waals surface area contributed by atoms with Crippen molar-refractivity contribution in [3.8, 4) is 11.5 Å². The van der Waals surface area contributed by atoms with Gasteiger partial charge in [-0.15, -0.1) is 10.2 Å². The van der Waals surface area contributed by atoms with E-state index in [0.717, 1.165) is 51.2 Å². The van der Waals surface area contributed by atoms with Gasteiger partial charge in [-0.3, -0.25) is 10.1 Å². The number of para-hydroxylation sites is 1. The SMILES string of the molecule is O=C(Nc1nnc2ccc(Cl)nn12)c1c2c(nc3ccccc13)/C(=C\c1ccc3c(c1)OCO3)CC2. The number of hydrogen-bond donors (Lipinski definition) is 1. The third-order valence-electron chi connectivity index (χ3n) is 6.36. The second-order valence-corrected chi connectivity index (χ2v) is 8.90. The number of amides is 1. The van der Waals surface area contributed by atoms with Crippen molar-refractivity contribution in [1.82, 2.24) is 24.8 Å². The van der Waals surface area contributed by atoms with Crippen LogP contribution in [0.3, 0.4) is 0 Å². The number of nitrogens with one attached hydrogen (secondary N) is 1. The van der Waals surface area contributed by atoms with Gasteiger partial charge in [-0.25, -0.2) is 4.98 Å². The van der Waals surface area contributed by atoms with Crippen LogP contribution in [0.5, 0.6) is 11.5 Å². The normalized spacial score (nSPS) is 15.1. The molecule has 0 saturated heterocycles. The number of carbonyl (C=O) groups excluding carboxylic acids is 1. The van der Waals surface area contributed by atoms with Crippen molar-refractivity contribution in [2.75, 3.05) is 12.1 Å². The molecule has 0 saturated carbocycles. The molecule has 176 valence electrons. The summed E-state index contributed by atoms with van der Waals surface area (Å²) in [6, 6.07) is 16.8. The van der Waals surface area contributed by atoms with E-state index in [1.807, 2.05) is 42.5 Å². The molecule has 1 aliphatic heterocycles. The molecule has 7 rings (SSSR count). The molecule has 36 heavy (non-hydrogen) atoms. The molecule has 1 N–H and O–H groups in total. The number of pyridine rings is 1. The number of ether oxygens (including phenoxy) is 2. The largest absolute Gasteiger partial charge is 0.454 e. The predicted molar refractivity (Wildman–Crippen MR) is 134 cm³/mol. The summed E-state index contributed by atoms with van der Waals surface area (Å²) in [4.78, 5) is 18.6. The van der Waals surface area contributed by atoms with Gasteiger partial charge in [0, 0.05) is 5.39 Å². The minimum absolute atomic E-state index is 0.196. The summed E-state index contributed by atoms with van der Waals surface area (Å²) in [6.45, 7) is 0.229. The highest BCUT2D eigenvalue weighted by atomic mass is 35.5. The fourth-order valence-corrected chi connectivity index (χ4v) is 4.89. The van der Waals surface area contributed by atoms with E-state index < -0.39 is 0 Å². The molecule has 10 heteroatoms. The van der Waals surface area contributed by atoms with E-state index in [9.17, 15) is 4.79 Å². The average molecular weight is 497 g/mol. The zero-order valence-corrected chi connectivity index (χ0v) is 19.5. The lowest BCUT2D eigenvalue weighted by molar-refractivity contribution is 0.102. The van der Waals surface area contributed by atoms with Gasteiger partial charge in [-0.05, 0) is 65.9 Å². The van der Waals surface area contributed by atoms with Crippen LogP contribution in [-0.4, -0.2) is 37.5 Å². The minimum Gasteiger partial charge on any atom is -0.454 e. The van der Waals surface area contributed by atoms with Gasteiger partial charge in [0.25, 0.3) is 11.9 Å². The van der Waals surface area contributed by atoms with Crippen LogP contribution in [0.2, 0.25) is 5.15 Å². The number of carbonyl (C=O) groups is 1. The highest BCUT2D eigenvalue weighted by molar-refractivity contribution is 6.29. The molecule has 0 bridgehead atoms. The van der Waals surface area contributed by atoms with Crippen LogP contribution < -0.4 is 14.8 Å². The van der Waals surface area contributed by atoms with Crippen LogP contribution in [0.4, 0.5) is 5.95 Å². The van der Waals surface area contributed by atoms with Crippen LogP contribution in [0.15, 0.2) is 54.6 Å². The molecule has 0 radical (unpaired) electrons. The molecule has 2 aliphatic rings. The molecule has 2 aromatic carbocycles. The highest BCUT2D eigenvalue weighted by Crippen LogP contribution is 2.39. The first kappa shape index (κ1) is 20.8. The standard InChI is InChI=1S/C26H17ClN6O3/c27-21-9-10-22-30-31-26(33(22)32-21)29-25(34)23-16-3-1-2-4-18(16)28-24-15(6-7-17(23)24)11-14-5-8-19-20(12-14)36-13-35-19/h1-5,8-12H,6-7,13H2,(H,29,31,34)/b15-11-. The van der Waals surface area contributed by atoms with Gasteiger partial charge < -0.3 is 9.47 Å². The van der Waals surface area contributed by atoms with Gasteiger partial charge >= 0.3 is 0 Å².